The third-order valence-corrected chi connectivity index (χ3v) is 3.71. The number of benzene rings is 2. The molecule has 1 aliphatic heterocycles. The first-order chi connectivity index (χ1) is 10.1. The van der Waals surface area contributed by atoms with Crippen LogP contribution in [-0.2, 0) is 4.79 Å². The topological polar surface area (TPSA) is 49.4 Å². The summed E-state index contributed by atoms with van der Waals surface area (Å²) in [6.45, 7) is 3.87. The van der Waals surface area contributed by atoms with Gasteiger partial charge >= 0.3 is 0 Å². The van der Waals surface area contributed by atoms with Gasteiger partial charge in [-0.2, -0.15) is 0 Å². The monoisotopic (exact) mass is 280 g/mol. The van der Waals surface area contributed by atoms with Crippen LogP contribution in [0.15, 0.2) is 42.5 Å². The fourth-order valence-electron chi connectivity index (χ4n) is 2.70. The maximum absolute atomic E-state index is 12.9. The molecule has 0 radical (unpaired) electrons. The van der Waals surface area contributed by atoms with Gasteiger partial charge in [0.1, 0.15) is 6.54 Å². The SMILES string of the molecule is Cc1cccc(C)c1C(=O)N1CC(=O)Nc2ccccc21. The van der Waals surface area contributed by atoms with Gasteiger partial charge in [0, 0.05) is 5.56 Å². The maximum atomic E-state index is 12.9. The van der Waals surface area contributed by atoms with Crippen LogP contribution in [0.1, 0.15) is 21.5 Å². The third kappa shape index (κ3) is 2.29. The van der Waals surface area contributed by atoms with Gasteiger partial charge in [0.15, 0.2) is 0 Å². The summed E-state index contributed by atoms with van der Waals surface area (Å²) in [5.41, 5.74) is 3.92. The van der Waals surface area contributed by atoms with Gasteiger partial charge in [0.25, 0.3) is 5.91 Å². The van der Waals surface area contributed by atoms with Gasteiger partial charge in [0.05, 0.1) is 11.4 Å². The van der Waals surface area contributed by atoms with Crippen molar-refractivity contribution in [2.75, 3.05) is 16.8 Å². The molecule has 106 valence electrons. The van der Waals surface area contributed by atoms with E-state index in [1.807, 2.05) is 50.2 Å². The van der Waals surface area contributed by atoms with Crippen LogP contribution in [0.5, 0.6) is 0 Å². The molecule has 0 atom stereocenters. The van der Waals surface area contributed by atoms with Crippen molar-refractivity contribution in [2.45, 2.75) is 13.8 Å². The number of amides is 2. The summed E-state index contributed by atoms with van der Waals surface area (Å²) in [5, 5.41) is 2.79. The van der Waals surface area contributed by atoms with Crippen LogP contribution < -0.4 is 10.2 Å². The number of anilines is 2. The summed E-state index contributed by atoms with van der Waals surface area (Å²) in [7, 11) is 0. The Morgan fingerprint density at radius 2 is 1.71 bits per heavy atom. The molecule has 3 rings (SSSR count). The number of fused-ring (bicyclic) bond motifs is 1. The Morgan fingerprint density at radius 3 is 2.43 bits per heavy atom. The molecular formula is C17H16N2O2. The minimum atomic E-state index is -0.173. The largest absolute Gasteiger partial charge is 0.323 e. The van der Waals surface area contributed by atoms with E-state index in [1.165, 1.54) is 0 Å². The van der Waals surface area contributed by atoms with Crippen molar-refractivity contribution in [3.05, 3.63) is 59.2 Å². The van der Waals surface area contributed by atoms with Gasteiger partial charge in [-0.05, 0) is 37.1 Å². The Labute approximate surface area is 123 Å². The highest BCUT2D eigenvalue weighted by molar-refractivity contribution is 6.16. The zero-order valence-electron chi connectivity index (χ0n) is 12.0. The molecule has 2 amide bonds. The maximum Gasteiger partial charge on any atom is 0.259 e. The van der Waals surface area contributed by atoms with Crippen molar-refractivity contribution >= 4 is 23.2 Å². The van der Waals surface area contributed by atoms with E-state index in [0.717, 1.165) is 16.8 Å². The van der Waals surface area contributed by atoms with E-state index >= 15 is 0 Å². The Kier molecular flexibility index (Phi) is 3.22. The lowest BCUT2D eigenvalue weighted by molar-refractivity contribution is -0.115. The lowest BCUT2D eigenvalue weighted by Gasteiger charge is -2.30. The van der Waals surface area contributed by atoms with E-state index in [0.29, 0.717) is 11.3 Å². The molecule has 1 heterocycles. The molecule has 2 aromatic rings. The number of nitrogens with zero attached hydrogens (tertiary/aromatic N) is 1. The third-order valence-electron chi connectivity index (χ3n) is 3.71. The lowest BCUT2D eigenvalue weighted by atomic mass is 10.0. The minimum absolute atomic E-state index is 0.0453. The van der Waals surface area contributed by atoms with Crippen LogP contribution in [0, 0.1) is 13.8 Å². The lowest BCUT2D eigenvalue weighted by Crippen LogP contribution is -2.42. The number of hydrogen-bond donors (Lipinski definition) is 1. The van der Waals surface area contributed by atoms with Gasteiger partial charge in [-0.1, -0.05) is 30.3 Å². The molecule has 0 saturated carbocycles. The molecule has 0 aromatic heterocycles. The van der Waals surface area contributed by atoms with E-state index in [2.05, 4.69) is 5.32 Å². The second kappa shape index (κ2) is 5.05. The molecule has 0 saturated heterocycles. The Hall–Kier alpha value is -2.62. The highest BCUT2D eigenvalue weighted by Crippen LogP contribution is 2.31. The highest BCUT2D eigenvalue weighted by atomic mass is 16.2. The van der Waals surface area contributed by atoms with E-state index < -0.39 is 0 Å². The number of nitrogens with one attached hydrogen (secondary N) is 1. The normalized spacial score (nSPS) is 13.6. The summed E-state index contributed by atoms with van der Waals surface area (Å²) in [5.74, 6) is -0.304. The van der Waals surface area contributed by atoms with Gasteiger partial charge in [0.2, 0.25) is 5.91 Å². The fraction of sp³-hybridized carbons (Fsp3) is 0.176. The summed E-state index contributed by atoms with van der Waals surface area (Å²) in [6.07, 6.45) is 0. The molecule has 1 N–H and O–H groups in total. The molecule has 2 aromatic carbocycles. The smallest absolute Gasteiger partial charge is 0.259 e. The summed E-state index contributed by atoms with van der Waals surface area (Å²) in [6, 6.07) is 13.1. The van der Waals surface area contributed by atoms with Crippen LogP contribution >= 0.6 is 0 Å². The summed E-state index contributed by atoms with van der Waals surface area (Å²) in [4.78, 5) is 26.3. The van der Waals surface area contributed by atoms with Crippen molar-refractivity contribution in [1.29, 1.82) is 0 Å². The van der Waals surface area contributed by atoms with Gasteiger partial charge in [-0.3, -0.25) is 14.5 Å². The molecule has 21 heavy (non-hydrogen) atoms. The van der Waals surface area contributed by atoms with Crippen molar-refractivity contribution < 1.29 is 9.59 Å². The molecule has 0 spiro atoms. The van der Waals surface area contributed by atoms with Gasteiger partial charge in [-0.25, -0.2) is 0 Å². The summed E-state index contributed by atoms with van der Waals surface area (Å²) >= 11 is 0. The van der Waals surface area contributed by atoms with E-state index in [4.69, 9.17) is 0 Å². The Bertz CT molecular complexity index is 717. The molecular weight excluding hydrogens is 264 g/mol. The van der Waals surface area contributed by atoms with Crippen LogP contribution in [-0.4, -0.2) is 18.4 Å². The van der Waals surface area contributed by atoms with Crippen LogP contribution in [0.25, 0.3) is 0 Å². The molecule has 0 aliphatic carbocycles. The van der Waals surface area contributed by atoms with Gasteiger partial charge in [-0.15, -0.1) is 0 Å². The number of hydrogen-bond acceptors (Lipinski definition) is 2. The van der Waals surface area contributed by atoms with Crippen molar-refractivity contribution in [2.24, 2.45) is 0 Å². The predicted octanol–water partition coefficient (Wildman–Crippen LogP) is 2.90. The standard InChI is InChI=1S/C17H16N2O2/c1-11-6-5-7-12(2)16(11)17(21)19-10-15(20)18-13-8-3-4-9-14(13)19/h3-9H,10H2,1-2H3,(H,18,20). The quantitative estimate of drug-likeness (QED) is 0.873. The number of aryl methyl sites for hydroxylation is 2. The first-order valence-electron chi connectivity index (χ1n) is 6.85. The van der Waals surface area contributed by atoms with Crippen LogP contribution in [0.2, 0.25) is 0 Å². The highest BCUT2D eigenvalue weighted by Gasteiger charge is 2.28. The number of carbonyl (C=O) groups excluding carboxylic acids is 2. The van der Waals surface area contributed by atoms with E-state index in [1.54, 1.807) is 11.0 Å². The molecule has 4 nitrogen and oxygen atoms in total. The van der Waals surface area contributed by atoms with Crippen molar-refractivity contribution in [3.8, 4) is 0 Å². The second-order valence-corrected chi connectivity index (χ2v) is 5.22. The molecule has 4 heteroatoms. The number of rotatable bonds is 1. The van der Waals surface area contributed by atoms with Crippen molar-refractivity contribution in [1.82, 2.24) is 0 Å². The molecule has 0 unspecified atom stereocenters. The summed E-state index contributed by atoms with van der Waals surface area (Å²) < 4.78 is 0. The zero-order valence-corrected chi connectivity index (χ0v) is 12.0. The second-order valence-electron chi connectivity index (χ2n) is 5.22. The fourth-order valence-corrected chi connectivity index (χ4v) is 2.70. The van der Waals surface area contributed by atoms with Crippen LogP contribution in [0.4, 0.5) is 11.4 Å². The minimum Gasteiger partial charge on any atom is -0.323 e. The average Bonchev–Trinajstić information content (AvgIpc) is 2.46. The molecule has 0 fully saturated rings. The number of para-hydroxylation sites is 2. The van der Waals surface area contributed by atoms with Gasteiger partial charge < -0.3 is 5.32 Å². The van der Waals surface area contributed by atoms with E-state index in [9.17, 15) is 9.59 Å². The first kappa shape index (κ1) is 13.4. The number of carbonyl (C=O) groups is 2. The Morgan fingerprint density at radius 1 is 1.05 bits per heavy atom. The average molecular weight is 280 g/mol. The zero-order chi connectivity index (χ0) is 15.0. The first-order valence-corrected chi connectivity index (χ1v) is 6.85. The molecule has 0 bridgehead atoms. The van der Waals surface area contributed by atoms with E-state index in [-0.39, 0.29) is 18.4 Å². The van der Waals surface area contributed by atoms with Crippen LogP contribution in [0.3, 0.4) is 0 Å². The Balaban J connectivity index is 2.09. The predicted molar refractivity (Wildman–Crippen MR) is 82.7 cm³/mol. The molecule has 1 aliphatic rings. The van der Waals surface area contributed by atoms with Crippen molar-refractivity contribution in [3.63, 3.8) is 0 Å².